The first-order chi connectivity index (χ1) is 11.2. The Morgan fingerprint density at radius 3 is 2.57 bits per heavy atom. The monoisotopic (exact) mass is 349 g/mol. The maximum atomic E-state index is 12.8. The average Bonchev–Trinajstić information content (AvgIpc) is 3.06. The highest BCUT2D eigenvalue weighted by Crippen LogP contribution is 2.32. The first kappa shape index (κ1) is 16.4. The number of carbonyl (C=O) groups excluding carboxylic acids is 1. The van der Waals surface area contributed by atoms with E-state index < -0.39 is 0 Å². The van der Waals surface area contributed by atoms with E-state index in [0.29, 0.717) is 16.7 Å². The molecule has 0 atom stereocenters. The molecule has 1 heterocycles. The molecule has 6 heteroatoms. The molecule has 0 N–H and O–H groups in total. The second kappa shape index (κ2) is 7.41. The van der Waals surface area contributed by atoms with Crippen molar-refractivity contribution in [3.63, 3.8) is 0 Å². The summed E-state index contributed by atoms with van der Waals surface area (Å²) < 4.78 is 0. The van der Waals surface area contributed by atoms with Gasteiger partial charge in [-0.25, -0.2) is 0 Å². The lowest BCUT2D eigenvalue weighted by molar-refractivity contribution is -0.123. The summed E-state index contributed by atoms with van der Waals surface area (Å²) in [6, 6.07) is 7.52. The topological polar surface area (TPSA) is 46.1 Å². The van der Waals surface area contributed by atoms with Gasteiger partial charge >= 0.3 is 0 Å². The van der Waals surface area contributed by atoms with Gasteiger partial charge in [-0.05, 0) is 31.9 Å². The average molecular weight is 350 g/mol. The largest absolute Gasteiger partial charge is 0.287 e. The van der Waals surface area contributed by atoms with Crippen LogP contribution in [0.4, 0.5) is 5.13 Å². The minimum absolute atomic E-state index is 0.145. The molecule has 1 aromatic heterocycles. The molecule has 2 aromatic rings. The van der Waals surface area contributed by atoms with Crippen molar-refractivity contribution in [2.45, 2.75) is 39.0 Å². The maximum absolute atomic E-state index is 12.8. The third-order valence-corrected chi connectivity index (χ3v) is 5.52. The molecule has 0 radical (unpaired) electrons. The van der Waals surface area contributed by atoms with Crippen LogP contribution in [0.2, 0.25) is 5.02 Å². The SMILES string of the molecule is CCN(C(=O)C1CCCCC1)c1nnc(-c2ccc(Cl)cc2)s1. The number of aromatic nitrogens is 2. The van der Waals surface area contributed by atoms with Crippen LogP contribution in [0.1, 0.15) is 39.0 Å². The number of anilines is 1. The molecular formula is C17H20ClN3OS. The number of nitrogens with zero attached hydrogens (tertiary/aromatic N) is 3. The van der Waals surface area contributed by atoms with Crippen LogP contribution in [-0.4, -0.2) is 22.6 Å². The van der Waals surface area contributed by atoms with Gasteiger partial charge in [-0.1, -0.05) is 54.3 Å². The summed E-state index contributed by atoms with van der Waals surface area (Å²) in [6.45, 7) is 2.62. The van der Waals surface area contributed by atoms with Crippen LogP contribution in [0.5, 0.6) is 0 Å². The van der Waals surface area contributed by atoms with Crippen LogP contribution in [0.3, 0.4) is 0 Å². The Hall–Kier alpha value is -1.46. The molecule has 1 aromatic carbocycles. The van der Waals surface area contributed by atoms with E-state index in [4.69, 9.17) is 11.6 Å². The minimum atomic E-state index is 0.145. The Morgan fingerprint density at radius 1 is 1.22 bits per heavy atom. The van der Waals surface area contributed by atoms with Gasteiger partial charge in [-0.3, -0.25) is 9.69 Å². The lowest BCUT2D eigenvalue weighted by Crippen LogP contribution is -2.36. The smallest absolute Gasteiger partial charge is 0.231 e. The zero-order valence-electron chi connectivity index (χ0n) is 13.2. The van der Waals surface area contributed by atoms with E-state index in [0.717, 1.165) is 36.3 Å². The molecule has 1 aliphatic carbocycles. The number of amides is 1. The third kappa shape index (κ3) is 3.72. The summed E-state index contributed by atoms with van der Waals surface area (Å²) in [5.74, 6) is 0.345. The van der Waals surface area contributed by atoms with Crippen LogP contribution in [0, 0.1) is 5.92 Å². The Balaban J connectivity index is 1.79. The van der Waals surface area contributed by atoms with Gasteiger partial charge in [0.25, 0.3) is 0 Å². The molecule has 23 heavy (non-hydrogen) atoms. The highest BCUT2D eigenvalue weighted by molar-refractivity contribution is 7.18. The van der Waals surface area contributed by atoms with Gasteiger partial charge < -0.3 is 0 Å². The Labute approximate surface area is 145 Å². The third-order valence-electron chi connectivity index (χ3n) is 4.27. The summed E-state index contributed by atoms with van der Waals surface area (Å²) in [4.78, 5) is 14.6. The minimum Gasteiger partial charge on any atom is -0.287 e. The molecular weight excluding hydrogens is 330 g/mol. The number of rotatable bonds is 4. The predicted octanol–water partition coefficient (Wildman–Crippen LogP) is 4.79. The Morgan fingerprint density at radius 2 is 1.91 bits per heavy atom. The Kier molecular flexibility index (Phi) is 5.28. The fourth-order valence-electron chi connectivity index (χ4n) is 2.99. The molecule has 0 spiro atoms. The zero-order chi connectivity index (χ0) is 16.2. The fraction of sp³-hybridized carbons (Fsp3) is 0.471. The second-order valence-electron chi connectivity index (χ2n) is 5.81. The van der Waals surface area contributed by atoms with Crippen molar-refractivity contribution in [3.8, 4) is 10.6 Å². The van der Waals surface area contributed by atoms with Crippen molar-refractivity contribution >= 4 is 34.0 Å². The highest BCUT2D eigenvalue weighted by atomic mass is 35.5. The van der Waals surface area contributed by atoms with E-state index >= 15 is 0 Å². The van der Waals surface area contributed by atoms with E-state index in [1.165, 1.54) is 17.8 Å². The normalized spacial score (nSPS) is 15.6. The number of benzene rings is 1. The first-order valence-corrected chi connectivity index (χ1v) is 9.29. The van der Waals surface area contributed by atoms with E-state index in [1.54, 1.807) is 4.90 Å². The highest BCUT2D eigenvalue weighted by Gasteiger charge is 2.28. The molecule has 3 rings (SSSR count). The molecule has 0 unspecified atom stereocenters. The molecule has 0 saturated heterocycles. The predicted molar refractivity (Wildman–Crippen MR) is 95.0 cm³/mol. The van der Waals surface area contributed by atoms with Gasteiger partial charge in [0.15, 0.2) is 0 Å². The van der Waals surface area contributed by atoms with Gasteiger partial charge in [0.1, 0.15) is 5.01 Å². The van der Waals surface area contributed by atoms with E-state index in [9.17, 15) is 4.79 Å². The fourth-order valence-corrected chi connectivity index (χ4v) is 4.03. The summed E-state index contributed by atoms with van der Waals surface area (Å²) >= 11 is 7.38. The van der Waals surface area contributed by atoms with Crippen LogP contribution < -0.4 is 4.90 Å². The number of hydrogen-bond acceptors (Lipinski definition) is 4. The maximum Gasteiger partial charge on any atom is 0.231 e. The molecule has 1 saturated carbocycles. The van der Waals surface area contributed by atoms with Crippen molar-refractivity contribution in [3.05, 3.63) is 29.3 Å². The lowest BCUT2D eigenvalue weighted by Gasteiger charge is -2.26. The zero-order valence-corrected chi connectivity index (χ0v) is 14.7. The molecule has 0 bridgehead atoms. The molecule has 0 aliphatic heterocycles. The first-order valence-electron chi connectivity index (χ1n) is 8.10. The van der Waals surface area contributed by atoms with Crippen molar-refractivity contribution in [1.82, 2.24) is 10.2 Å². The molecule has 4 nitrogen and oxygen atoms in total. The standard InChI is InChI=1S/C17H20ClN3OS/c1-2-21(16(22)13-6-4-3-5-7-13)17-20-19-15(23-17)12-8-10-14(18)11-9-12/h8-11,13H,2-7H2,1H3. The summed E-state index contributed by atoms with van der Waals surface area (Å²) in [5.41, 5.74) is 0.972. The Bertz CT molecular complexity index is 665. The summed E-state index contributed by atoms with van der Waals surface area (Å²) in [7, 11) is 0. The van der Waals surface area contributed by atoms with Crippen LogP contribution in [0.15, 0.2) is 24.3 Å². The van der Waals surface area contributed by atoms with Crippen LogP contribution >= 0.6 is 22.9 Å². The molecule has 122 valence electrons. The van der Waals surface area contributed by atoms with Gasteiger partial charge in [0, 0.05) is 23.0 Å². The van der Waals surface area contributed by atoms with Crippen LogP contribution in [0.25, 0.3) is 10.6 Å². The second-order valence-corrected chi connectivity index (χ2v) is 7.21. The van der Waals surface area contributed by atoms with Crippen molar-refractivity contribution in [2.24, 2.45) is 5.92 Å². The van der Waals surface area contributed by atoms with Crippen molar-refractivity contribution in [2.75, 3.05) is 11.4 Å². The number of hydrogen-bond donors (Lipinski definition) is 0. The lowest BCUT2D eigenvalue weighted by atomic mass is 9.88. The van der Waals surface area contributed by atoms with Crippen LogP contribution in [-0.2, 0) is 4.79 Å². The van der Waals surface area contributed by atoms with Gasteiger partial charge in [-0.2, -0.15) is 0 Å². The van der Waals surface area contributed by atoms with Crippen molar-refractivity contribution < 1.29 is 4.79 Å². The van der Waals surface area contributed by atoms with Gasteiger partial charge in [-0.15, -0.1) is 10.2 Å². The molecule has 1 amide bonds. The molecule has 1 aliphatic rings. The van der Waals surface area contributed by atoms with E-state index in [-0.39, 0.29) is 11.8 Å². The number of halogens is 1. The van der Waals surface area contributed by atoms with Gasteiger partial charge in [0.05, 0.1) is 0 Å². The van der Waals surface area contributed by atoms with E-state index in [1.807, 2.05) is 31.2 Å². The summed E-state index contributed by atoms with van der Waals surface area (Å²) in [5, 5.41) is 10.7. The molecule has 1 fully saturated rings. The quantitative estimate of drug-likeness (QED) is 0.797. The van der Waals surface area contributed by atoms with Gasteiger partial charge in [0.2, 0.25) is 11.0 Å². The van der Waals surface area contributed by atoms with E-state index in [2.05, 4.69) is 10.2 Å². The van der Waals surface area contributed by atoms with Crippen molar-refractivity contribution in [1.29, 1.82) is 0 Å². The summed E-state index contributed by atoms with van der Waals surface area (Å²) in [6.07, 6.45) is 5.55. The number of carbonyl (C=O) groups is 1.